The summed E-state index contributed by atoms with van der Waals surface area (Å²) >= 11 is 4.70. The summed E-state index contributed by atoms with van der Waals surface area (Å²) in [5.74, 6) is 0.384. The Kier molecular flexibility index (Phi) is 4.00. The summed E-state index contributed by atoms with van der Waals surface area (Å²) in [5, 5.41) is 3.32. The molecule has 0 atom stereocenters. The summed E-state index contributed by atoms with van der Waals surface area (Å²) in [6, 6.07) is 10.8. The van der Waals surface area contributed by atoms with Crippen molar-refractivity contribution in [2.24, 2.45) is 0 Å². The van der Waals surface area contributed by atoms with E-state index in [1.54, 1.807) is 25.3 Å². The first-order valence-electron chi connectivity index (χ1n) is 6.38. The highest BCUT2D eigenvalue weighted by atomic mass is 79.9. The van der Waals surface area contributed by atoms with Crippen molar-refractivity contribution in [3.8, 4) is 5.75 Å². The van der Waals surface area contributed by atoms with Gasteiger partial charge in [-0.1, -0.05) is 33.3 Å². The van der Waals surface area contributed by atoms with E-state index in [-0.39, 0.29) is 5.91 Å². The minimum absolute atomic E-state index is 0.194. The van der Waals surface area contributed by atoms with Crippen molar-refractivity contribution < 1.29 is 9.53 Å². The molecule has 0 bridgehead atoms. The fourth-order valence-electron chi connectivity index (χ4n) is 2.08. The van der Waals surface area contributed by atoms with Gasteiger partial charge in [0.1, 0.15) is 11.3 Å². The van der Waals surface area contributed by atoms with Gasteiger partial charge in [-0.2, -0.15) is 0 Å². The van der Waals surface area contributed by atoms with Gasteiger partial charge in [-0.25, -0.2) is 4.98 Å². The molecule has 5 nitrogen and oxygen atoms in total. The van der Waals surface area contributed by atoms with Gasteiger partial charge in [0.15, 0.2) is 5.13 Å². The van der Waals surface area contributed by atoms with Crippen molar-refractivity contribution in [2.45, 2.75) is 0 Å². The van der Waals surface area contributed by atoms with Gasteiger partial charge in [0.05, 0.1) is 11.8 Å². The zero-order chi connectivity index (χ0) is 15.7. The van der Waals surface area contributed by atoms with E-state index in [1.807, 2.05) is 18.2 Å². The van der Waals surface area contributed by atoms with Crippen molar-refractivity contribution in [2.75, 3.05) is 18.2 Å². The third-order valence-electron chi connectivity index (χ3n) is 3.04. The number of amides is 1. The number of thiazole rings is 1. The number of ether oxygens (including phenoxy) is 1. The van der Waals surface area contributed by atoms with Gasteiger partial charge in [-0.05, 0) is 24.3 Å². The number of nitrogens with two attached hydrogens (primary N) is 1. The van der Waals surface area contributed by atoms with E-state index in [2.05, 4.69) is 26.2 Å². The van der Waals surface area contributed by atoms with Crippen LogP contribution >= 0.6 is 27.3 Å². The van der Waals surface area contributed by atoms with Crippen molar-refractivity contribution >= 4 is 54.2 Å². The number of nitrogens with one attached hydrogen (secondary N) is 1. The second-order valence-corrected chi connectivity index (χ2v) is 6.52. The average Bonchev–Trinajstić information content (AvgIpc) is 2.86. The van der Waals surface area contributed by atoms with Crippen LogP contribution in [0.3, 0.4) is 0 Å². The minimum Gasteiger partial charge on any atom is -0.494 e. The number of halogens is 1. The summed E-state index contributed by atoms with van der Waals surface area (Å²) in [4.78, 5) is 16.5. The predicted octanol–water partition coefficient (Wildman–Crippen LogP) is 3.90. The molecule has 0 fully saturated rings. The largest absolute Gasteiger partial charge is 0.494 e. The first-order valence-corrected chi connectivity index (χ1v) is 7.99. The van der Waals surface area contributed by atoms with Gasteiger partial charge in [-0.3, -0.25) is 4.79 Å². The molecule has 0 spiro atoms. The van der Waals surface area contributed by atoms with Crippen LogP contribution in [0.1, 0.15) is 10.4 Å². The second kappa shape index (κ2) is 5.94. The average molecular weight is 378 g/mol. The topological polar surface area (TPSA) is 77.2 Å². The molecule has 0 radical (unpaired) electrons. The van der Waals surface area contributed by atoms with E-state index in [9.17, 15) is 4.79 Å². The number of nitrogens with zero attached hydrogens (tertiary/aromatic N) is 1. The maximum Gasteiger partial charge on any atom is 0.255 e. The Morgan fingerprint density at radius 1 is 1.36 bits per heavy atom. The molecule has 112 valence electrons. The molecule has 1 aromatic heterocycles. The molecule has 2 aromatic carbocycles. The molecule has 0 saturated heterocycles. The Morgan fingerprint density at radius 3 is 2.91 bits per heavy atom. The van der Waals surface area contributed by atoms with Gasteiger partial charge in [0.2, 0.25) is 0 Å². The number of benzene rings is 2. The summed E-state index contributed by atoms with van der Waals surface area (Å²) < 4.78 is 7.03. The molecule has 3 rings (SSSR count). The van der Waals surface area contributed by atoms with Crippen molar-refractivity contribution in [1.29, 1.82) is 0 Å². The number of methoxy groups -OCH3 is 1. The lowest BCUT2D eigenvalue weighted by Gasteiger charge is -2.08. The summed E-state index contributed by atoms with van der Waals surface area (Å²) in [6.07, 6.45) is 0. The Labute approximate surface area is 139 Å². The molecule has 22 heavy (non-hydrogen) atoms. The van der Waals surface area contributed by atoms with Crippen molar-refractivity contribution in [1.82, 2.24) is 4.98 Å². The normalized spacial score (nSPS) is 10.6. The van der Waals surface area contributed by atoms with Gasteiger partial charge in [0, 0.05) is 21.8 Å². The van der Waals surface area contributed by atoms with Crippen LogP contribution in [-0.4, -0.2) is 18.0 Å². The molecular formula is C15H12BrN3O2S. The van der Waals surface area contributed by atoms with Crippen LogP contribution in [-0.2, 0) is 0 Å². The Balaban J connectivity index is 1.95. The van der Waals surface area contributed by atoms with Gasteiger partial charge >= 0.3 is 0 Å². The number of hydrogen-bond acceptors (Lipinski definition) is 5. The summed E-state index contributed by atoms with van der Waals surface area (Å²) in [5.41, 5.74) is 7.64. The first kappa shape index (κ1) is 14.8. The molecule has 1 amide bonds. The van der Waals surface area contributed by atoms with Gasteiger partial charge in [-0.15, -0.1) is 0 Å². The number of carbonyl (C=O) groups is 1. The lowest BCUT2D eigenvalue weighted by molar-refractivity contribution is 0.102. The maximum absolute atomic E-state index is 12.3. The summed E-state index contributed by atoms with van der Waals surface area (Å²) in [6.45, 7) is 0. The van der Waals surface area contributed by atoms with Crippen LogP contribution in [0.25, 0.3) is 10.2 Å². The summed E-state index contributed by atoms with van der Waals surface area (Å²) in [7, 11) is 1.56. The second-order valence-electron chi connectivity index (χ2n) is 4.54. The number of anilines is 2. The molecule has 0 aliphatic carbocycles. The number of carbonyl (C=O) groups excluding carboxylic acids is 1. The van der Waals surface area contributed by atoms with Crippen molar-refractivity contribution in [3.05, 3.63) is 46.4 Å². The molecule has 3 N–H and O–H groups in total. The SMILES string of the molecule is COc1cc(NC(=O)c2cccc(Br)c2)cc2sc(N)nc12. The number of rotatable bonds is 3. The Morgan fingerprint density at radius 2 is 2.18 bits per heavy atom. The molecule has 0 aliphatic heterocycles. The van der Waals surface area contributed by atoms with Crippen LogP contribution in [0.15, 0.2) is 40.9 Å². The smallest absolute Gasteiger partial charge is 0.255 e. The monoisotopic (exact) mass is 377 g/mol. The fraction of sp³-hybridized carbons (Fsp3) is 0.0667. The third kappa shape index (κ3) is 2.90. The van der Waals surface area contributed by atoms with E-state index in [0.717, 1.165) is 9.17 Å². The molecule has 0 aliphatic rings. The Hall–Kier alpha value is -2.12. The highest BCUT2D eigenvalue weighted by molar-refractivity contribution is 9.10. The van der Waals surface area contributed by atoms with Crippen LogP contribution in [0.2, 0.25) is 0 Å². The van der Waals surface area contributed by atoms with E-state index in [0.29, 0.717) is 27.6 Å². The fourth-order valence-corrected chi connectivity index (χ4v) is 3.27. The molecule has 0 unspecified atom stereocenters. The van der Waals surface area contributed by atoms with Crippen LogP contribution in [0, 0.1) is 0 Å². The first-order chi connectivity index (χ1) is 10.6. The zero-order valence-electron chi connectivity index (χ0n) is 11.6. The van der Waals surface area contributed by atoms with E-state index >= 15 is 0 Å². The van der Waals surface area contributed by atoms with Gasteiger partial charge in [0.25, 0.3) is 5.91 Å². The molecule has 1 heterocycles. The quantitative estimate of drug-likeness (QED) is 0.725. The number of nitrogen functional groups attached to an aromatic ring is 1. The van der Waals surface area contributed by atoms with E-state index < -0.39 is 0 Å². The molecular weight excluding hydrogens is 366 g/mol. The van der Waals surface area contributed by atoms with E-state index in [1.165, 1.54) is 11.3 Å². The Bertz CT molecular complexity index is 863. The molecule has 0 saturated carbocycles. The van der Waals surface area contributed by atoms with Crippen LogP contribution < -0.4 is 15.8 Å². The molecule has 7 heteroatoms. The number of aromatic nitrogens is 1. The van der Waals surface area contributed by atoms with Crippen molar-refractivity contribution in [3.63, 3.8) is 0 Å². The maximum atomic E-state index is 12.3. The van der Waals surface area contributed by atoms with E-state index in [4.69, 9.17) is 10.5 Å². The van der Waals surface area contributed by atoms with Gasteiger partial charge < -0.3 is 15.8 Å². The standard InChI is InChI=1S/C15H12BrN3O2S/c1-21-11-6-10(7-12-13(11)19-15(17)22-12)18-14(20)8-3-2-4-9(16)5-8/h2-7H,1H3,(H2,17,19)(H,18,20). The third-order valence-corrected chi connectivity index (χ3v) is 4.37. The minimum atomic E-state index is -0.194. The lowest BCUT2D eigenvalue weighted by atomic mass is 10.2. The highest BCUT2D eigenvalue weighted by Gasteiger charge is 2.12. The lowest BCUT2D eigenvalue weighted by Crippen LogP contribution is -2.11. The molecule has 3 aromatic rings. The van der Waals surface area contributed by atoms with Crippen LogP contribution in [0.5, 0.6) is 5.75 Å². The highest BCUT2D eigenvalue weighted by Crippen LogP contribution is 2.34. The number of fused-ring (bicyclic) bond motifs is 1. The zero-order valence-corrected chi connectivity index (χ0v) is 14.0. The predicted molar refractivity (Wildman–Crippen MR) is 92.7 cm³/mol. The number of hydrogen-bond donors (Lipinski definition) is 2. The van der Waals surface area contributed by atoms with Crippen LogP contribution in [0.4, 0.5) is 10.8 Å².